The first-order valence-electron chi connectivity index (χ1n) is 13.5. The van der Waals surface area contributed by atoms with Crippen molar-refractivity contribution < 1.29 is 14.7 Å². The number of halogens is 2. The molecule has 3 aromatic rings. The summed E-state index contributed by atoms with van der Waals surface area (Å²) in [6, 6.07) is 8.42. The van der Waals surface area contributed by atoms with Crippen molar-refractivity contribution in [2.45, 2.75) is 38.3 Å². The first-order chi connectivity index (χ1) is 19.1. The van der Waals surface area contributed by atoms with Crippen molar-refractivity contribution in [3.05, 3.63) is 60.9 Å². The van der Waals surface area contributed by atoms with Crippen molar-refractivity contribution in [2.24, 2.45) is 0 Å². The molecule has 3 amide bonds. The molecule has 2 saturated heterocycles. The van der Waals surface area contributed by atoms with E-state index in [2.05, 4.69) is 47.1 Å². The molecule has 3 heterocycles. The zero-order valence-electron chi connectivity index (χ0n) is 22.6. The molecule has 0 unspecified atom stereocenters. The van der Waals surface area contributed by atoms with Crippen LogP contribution in [0.2, 0.25) is 0 Å². The molecule has 2 fully saturated rings. The van der Waals surface area contributed by atoms with Crippen molar-refractivity contribution >= 4 is 54.8 Å². The van der Waals surface area contributed by atoms with Crippen molar-refractivity contribution in [3.8, 4) is 5.75 Å². The number of likely N-dealkylation sites (tertiary alicyclic amines) is 1. The van der Waals surface area contributed by atoms with Crippen molar-refractivity contribution in [3.63, 3.8) is 0 Å². The first kappa shape index (κ1) is 28.7. The van der Waals surface area contributed by atoms with E-state index in [0.717, 1.165) is 35.2 Å². The van der Waals surface area contributed by atoms with E-state index >= 15 is 0 Å². The fourth-order valence-corrected chi connectivity index (χ4v) is 6.88. The topological polar surface area (TPSA) is 114 Å². The Kier molecular flexibility index (Phi) is 8.58. The Labute approximate surface area is 249 Å². The molecule has 2 aromatic carbocycles. The molecule has 0 bridgehead atoms. The Hall–Kier alpha value is -2.83. The van der Waals surface area contributed by atoms with Crippen LogP contribution in [0.25, 0.3) is 11.0 Å². The molecule has 1 atom stereocenters. The Morgan fingerprint density at radius 1 is 1.02 bits per heavy atom. The number of phenolic OH excluding ortho intramolecular Hbond substituents is 1. The summed E-state index contributed by atoms with van der Waals surface area (Å²) in [6.45, 7) is 5.73. The zero-order valence-corrected chi connectivity index (χ0v) is 25.8. The maximum Gasteiger partial charge on any atom is 0.326 e. The van der Waals surface area contributed by atoms with Gasteiger partial charge in [0.25, 0.3) is 0 Å². The van der Waals surface area contributed by atoms with Gasteiger partial charge in [-0.2, -0.15) is 0 Å². The highest BCUT2D eigenvalue weighted by atomic mass is 79.9. The molecule has 10 nitrogen and oxygen atoms in total. The lowest BCUT2D eigenvalue weighted by atomic mass is 10.0. The molecule has 2 aliphatic rings. The molecular formula is C28H34Br2N6O4. The Bertz CT molecular complexity index is 1450. The van der Waals surface area contributed by atoms with Crippen LogP contribution in [0.4, 0.5) is 4.79 Å². The summed E-state index contributed by atoms with van der Waals surface area (Å²) in [5.74, 6) is -0.0284. The number of urea groups is 1. The van der Waals surface area contributed by atoms with Gasteiger partial charge in [-0.05, 0) is 94.1 Å². The molecule has 0 radical (unpaired) electrons. The fraction of sp³-hybridized carbons (Fsp3) is 0.464. The van der Waals surface area contributed by atoms with E-state index in [1.165, 1.54) is 0 Å². The third kappa shape index (κ3) is 6.08. The van der Waals surface area contributed by atoms with Gasteiger partial charge >= 0.3 is 11.7 Å². The number of carbonyl (C=O) groups is 2. The van der Waals surface area contributed by atoms with Crippen molar-refractivity contribution in [1.29, 1.82) is 0 Å². The smallest absolute Gasteiger partial charge is 0.326 e. The van der Waals surface area contributed by atoms with Crippen LogP contribution in [-0.2, 0) is 11.2 Å². The first-order valence-corrected chi connectivity index (χ1v) is 15.1. The molecule has 1 aromatic heterocycles. The number of nitrogens with zero attached hydrogens (tertiary/aromatic N) is 4. The van der Waals surface area contributed by atoms with Crippen LogP contribution in [-0.4, -0.2) is 93.7 Å². The summed E-state index contributed by atoms with van der Waals surface area (Å²) < 4.78 is 2.84. The number of carbonyl (C=O) groups excluding carboxylic acids is 2. The van der Waals surface area contributed by atoms with E-state index in [9.17, 15) is 19.5 Å². The maximum atomic E-state index is 13.6. The van der Waals surface area contributed by atoms with Gasteiger partial charge in [0.05, 0.1) is 20.0 Å². The maximum absolute atomic E-state index is 13.6. The normalized spacial score (nSPS) is 17.8. The molecule has 3 N–H and O–H groups in total. The van der Waals surface area contributed by atoms with E-state index in [0.29, 0.717) is 48.0 Å². The summed E-state index contributed by atoms with van der Waals surface area (Å²) in [5, 5.41) is 13.1. The molecule has 5 rings (SSSR count). The standard InChI is InChI=1S/C28H34Br2N6O4/c1-17-3-4-24-22(13-17)31-28(40)36(24)19-5-7-35(8-6-19)27(39)32-23(26(38)34-11-9-33(2)10-12-34)16-18-14-20(29)25(37)21(30)15-18/h3-4,13-15,19,23,37H,5-12,16H2,1-2H3,(H,31,40)(H,32,39)/t23-/m1/s1. The number of piperazine rings is 1. The van der Waals surface area contributed by atoms with E-state index in [1.54, 1.807) is 17.0 Å². The van der Waals surface area contributed by atoms with Crippen LogP contribution in [0.15, 0.2) is 44.1 Å². The minimum absolute atomic E-state index is 0.0116. The number of nitrogens with one attached hydrogen (secondary N) is 2. The number of aromatic hydroxyl groups is 1. The van der Waals surface area contributed by atoms with Gasteiger partial charge in [0.1, 0.15) is 11.8 Å². The minimum atomic E-state index is -0.753. The van der Waals surface area contributed by atoms with Crippen LogP contribution in [0, 0.1) is 6.92 Å². The van der Waals surface area contributed by atoms with E-state index in [-0.39, 0.29) is 35.8 Å². The summed E-state index contributed by atoms with van der Waals surface area (Å²) in [5.41, 5.74) is 3.45. The number of aryl methyl sites for hydroxylation is 1. The van der Waals surface area contributed by atoms with Gasteiger partial charge in [-0.1, -0.05) is 6.07 Å². The zero-order chi connectivity index (χ0) is 28.6. The third-order valence-corrected chi connectivity index (χ3v) is 9.13. The quantitative estimate of drug-likeness (QED) is 0.382. The largest absolute Gasteiger partial charge is 0.506 e. The van der Waals surface area contributed by atoms with Gasteiger partial charge < -0.3 is 30.1 Å². The highest BCUT2D eigenvalue weighted by molar-refractivity contribution is 9.11. The van der Waals surface area contributed by atoms with Crippen molar-refractivity contribution in [1.82, 2.24) is 29.6 Å². The second-order valence-electron chi connectivity index (χ2n) is 10.8. The molecule has 2 aliphatic heterocycles. The van der Waals surface area contributed by atoms with Gasteiger partial charge in [-0.3, -0.25) is 9.36 Å². The van der Waals surface area contributed by atoms with Crippen LogP contribution < -0.4 is 11.0 Å². The molecule has 40 heavy (non-hydrogen) atoms. The number of likely N-dealkylation sites (N-methyl/N-ethyl adjacent to an activating group) is 1. The number of aromatic amines is 1. The lowest BCUT2D eigenvalue weighted by Crippen LogP contribution is -2.57. The number of hydrogen-bond donors (Lipinski definition) is 3. The molecule has 0 saturated carbocycles. The summed E-state index contributed by atoms with van der Waals surface area (Å²) in [4.78, 5) is 48.5. The second-order valence-corrected chi connectivity index (χ2v) is 12.5. The highest BCUT2D eigenvalue weighted by Gasteiger charge is 2.32. The van der Waals surface area contributed by atoms with Crippen LogP contribution in [0.1, 0.15) is 30.0 Å². The number of amides is 3. The second kappa shape index (κ2) is 12.0. The number of imidazole rings is 1. The number of benzene rings is 2. The van der Waals surface area contributed by atoms with Gasteiger partial charge in [0.2, 0.25) is 5.91 Å². The number of fused-ring (bicyclic) bond motifs is 1. The van der Waals surface area contributed by atoms with Gasteiger partial charge in [-0.25, -0.2) is 9.59 Å². The van der Waals surface area contributed by atoms with E-state index in [1.807, 2.05) is 41.6 Å². The monoisotopic (exact) mass is 676 g/mol. The molecule has 0 spiro atoms. The average molecular weight is 678 g/mol. The SMILES string of the molecule is Cc1ccc2c(c1)[nH]c(=O)n2C1CCN(C(=O)N[C@H](Cc2cc(Br)c(O)c(Br)c2)C(=O)N2CCN(C)CC2)CC1. The predicted molar refractivity (Wildman–Crippen MR) is 161 cm³/mol. The number of H-pyrrole nitrogens is 1. The van der Waals surface area contributed by atoms with E-state index < -0.39 is 6.04 Å². The highest BCUT2D eigenvalue weighted by Crippen LogP contribution is 2.34. The fourth-order valence-electron chi connectivity index (χ4n) is 5.59. The van der Waals surface area contributed by atoms with Crippen LogP contribution in [0.3, 0.4) is 0 Å². The number of piperidine rings is 1. The minimum Gasteiger partial charge on any atom is -0.506 e. The Morgan fingerprint density at radius 3 is 2.33 bits per heavy atom. The predicted octanol–water partition coefficient (Wildman–Crippen LogP) is 3.60. The Balaban J connectivity index is 1.29. The Morgan fingerprint density at radius 2 is 1.68 bits per heavy atom. The summed E-state index contributed by atoms with van der Waals surface area (Å²) in [6.07, 6.45) is 1.57. The van der Waals surface area contributed by atoms with Crippen molar-refractivity contribution in [2.75, 3.05) is 46.3 Å². The van der Waals surface area contributed by atoms with Crippen LogP contribution in [0.5, 0.6) is 5.75 Å². The lowest BCUT2D eigenvalue weighted by Gasteiger charge is -2.36. The summed E-state index contributed by atoms with van der Waals surface area (Å²) in [7, 11) is 2.03. The molecule has 12 heteroatoms. The third-order valence-electron chi connectivity index (χ3n) is 7.92. The van der Waals surface area contributed by atoms with Gasteiger partial charge in [0, 0.05) is 51.7 Å². The number of rotatable bonds is 5. The van der Waals surface area contributed by atoms with Gasteiger partial charge in [-0.15, -0.1) is 0 Å². The summed E-state index contributed by atoms with van der Waals surface area (Å²) >= 11 is 6.73. The lowest BCUT2D eigenvalue weighted by molar-refractivity contribution is -0.134. The number of aromatic nitrogens is 2. The van der Waals surface area contributed by atoms with E-state index in [4.69, 9.17) is 0 Å². The van der Waals surface area contributed by atoms with Crippen LogP contribution >= 0.6 is 31.9 Å². The molecule has 0 aliphatic carbocycles. The molecular weight excluding hydrogens is 644 g/mol. The molecule has 214 valence electrons. The van der Waals surface area contributed by atoms with Gasteiger partial charge in [0.15, 0.2) is 0 Å². The number of phenols is 1. The number of hydrogen-bond acceptors (Lipinski definition) is 5. The average Bonchev–Trinajstić information content (AvgIpc) is 3.25.